The van der Waals surface area contributed by atoms with Crippen molar-refractivity contribution >= 4 is 27.5 Å². The lowest BCUT2D eigenvalue weighted by atomic mass is 10.1. The lowest BCUT2D eigenvalue weighted by Gasteiger charge is -2.00. The zero-order valence-corrected chi connectivity index (χ0v) is 9.67. The lowest BCUT2D eigenvalue weighted by Crippen LogP contribution is -1.95. The van der Waals surface area contributed by atoms with E-state index in [0.29, 0.717) is 0 Å². The Morgan fingerprint density at radius 2 is 1.93 bits per heavy atom. The van der Waals surface area contributed by atoms with Gasteiger partial charge in [0.05, 0.1) is 7.11 Å². The van der Waals surface area contributed by atoms with E-state index < -0.39 is 0 Å². The number of allylic oxidation sites excluding steroid dienone is 1. The van der Waals surface area contributed by atoms with E-state index in [1.54, 1.807) is 0 Å². The summed E-state index contributed by atoms with van der Waals surface area (Å²) in [5, 5.41) is 0. The molecule has 0 spiro atoms. The zero-order valence-electron chi connectivity index (χ0n) is 8.08. The summed E-state index contributed by atoms with van der Waals surface area (Å²) in [7, 11) is 1.37. The Kier molecular flexibility index (Phi) is 3.89. The minimum atomic E-state index is -0.328. The molecule has 0 saturated carbocycles. The summed E-state index contributed by atoms with van der Waals surface area (Å²) in [6.07, 6.45) is 1.48. The number of esters is 1. The number of ether oxygens (including phenoxy) is 1. The first-order chi connectivity index (χ1) is 6.63. The summed E-state index contributed by atoms with van der Waals surface area (Å²) in [5.74, 6) is -0.328. The van der Waals surface area contributed by atoms with Gasteiger partial charge in [0, 0.05) is 10.5 Å². The molecule has 0 atom stereocenters. The van der Waals surface area contributed by atoms with E-state index in [9.17, 15) is 4.79 Å². The van der Waals surface area contributed by atoms with E-state index in [1.807, 2.05) is 31.2 Å². The van der Waals surface area contributed by atoms with Crippen LogP contribution in [0.25, 0.3) is 5.57 Å². The van der Waals surface area contributed by atoms with Gasteiger partial charge in [-0.05, 0) is 30.2 Å². The fourth-order valence-electron chi connectivity index (χ4n) is 1.03. The number of hydrogen-bond acceptors (Lipinski definition) is 2. The van der Waals surface area contributed by atoms with Gasteiger partial charge < -0.3 is 4.74 Å². The maximum absolute atomic E-state index is 11.0. The molecule has 1 aromatic carbocycles. The van der Waals surface area contributed by atoms with Gasteiger partial charge in [0.25, 0.3) is 0 Å². The molecule has 0 fully saturated rings. The molecule has 74 valence electrons. The van der Waals surface area contributed by atoms with Crippen molar-refractivity contribution in [1.82, 2.24) is 0 Å². The van der Waals surface area contributed by atoms with Crippen molar-refractivity contribution in [3.8, 4) is 0 Å². The van der Waals surface area contributed by atoms with Crippen molar-refractivity contribution < 1.29 is 9.53 Å². The molecule has 0 aliphatic carbocycles. The number of carbonyl (C=O) groups is 1. The lowest BCUT2D eigenvalue weighted by molar-refractivity contribution is -0.134. The molecule has 0 radical (unpaired) electrons. The van der Waals surface area contributed by atoms with E-state index in [4.69, 9.17) is 0 Å². The second-order valence-corrected chi connectivity index (χ2v) is 3.77. The highest BCUT2D eigenvalue weighted by atomic mass is 79.9. The molecule has 3 heteroatoms. The van der Waals surface area contributed by atoms with Gasteiger partial charge in [0.2, 0.25) is 0 Å². The number of hydrogen-bond donors (Lipinski definition) is 0. The number of halogens is 1. The minimum absolute atomic E-state index is 0.328. The Morgan fingerprint density at radius 3 is 2.43 bits per heavy atom. The summed E-state index contributed by atoms with van der Waals surface area (Å²) < 4.78 is 5.56. The SMILES string of the molecule is COC(=O)C=C(C)c1ccc(Br)cc1. The summed E-state index contributed by atoms with van der Waals surface area (Å²) in [6.45, 7) is 1.88. The third kappa shape index (κ3) is 3.00. The van der Waals surface area contributed by atoms with Crippen LogP contribution < -0.4 is 0 Å². The molecule has 14 heavy (non-hydrogen) atoms. The molecule has 0 N–H and O–H groups in total. The summed E-state index contributed by atoms with van der Waals surface area (Å²) in [5.41, 5.74) is 1.91. The standard InChI is InChI=1S/C11H11BrO2/c1-8(7-11(13)14-2)9-3-5-10(12)6-4-9/h3-7H,1-2H3. The van der Waals surface area contributed by atoms with Crippen LogP contribution in [0.1, 0.15) is 12.5 Å². The number of benzene rings is 1. The highest BCUT2D eigenvalue weighted by Gasteiger charge is 1.99. The van der Waals surface area contributed by atoms with Crippen LogP contribution in [0.2, 0.25) is 0 Å². The van der Waals surface area contributed by atoms with E-state index in [1.165, 1.54) is 13.2 Å². The van der Waals surface area contributed by atoms with Gasteiger partial charge in [-0.25, -0.2) is 4.79 Å². The maximum Gasteiger partial charge on any atom is 0.330 e. The van der Waals surface area contributed by atoms with Crippen LogP contribution in [0, 0.1) is 0 Å². The molecule has 0 bridgehead atoms. The highest BCUT2D eigenvalue weighted by Crippen LogP contribution is 2.17. The number of rotatable bonds is 2. The van der Waals surface area contributed by atoms with E-state index in [0.717, 1.165) is 15.6 Å². The van der Waals surface area contributed by atoms with Gasteiger partial charge >= 0.3 is 5.97 Å². The summed E-state index contributed by atoms with van der Waals surface area (Å²) in [6, 6.07) is 7.76. The molecule has 0 unspecified atom stereocenters. The molecule has 0 heterocycles. The second kappa shape index (κ2) is 4.96. The molecular formula is C11H11BrO2. The Balaban J connectivity index is 2.89. The predicted octanol–water partition coefficient (Wildman–Crippen LogP) is 3.03. The maximum atomic E-state index is 11.0. The minimum Gasteiger partial charge on any atom is -0.466 e. The second-order valence-electron chi connectivity index (χ2n) is 2.86. The largest absolute Gasteiger partial charge is 0.466 e. The quantitative estimate of drug-likeness (QED) is 0.599. The van der Waals surface area contributed by atoms with E-state index in [2.05, 4.69) is 20.7 Å². The topological polar surface area (TPSA) is 26.3 Å². The average Bonchev–Trinajstić information content (AvgIpc) is 2.18. The van der Waals surface area contributed by atoms with E-state index in [-0.39, 0.29) is 5.97 Å². The van der Waals surface area contributed by atoms with Crippen molar-refractivity contribution in [2.24, 2.45) is 0 Å². The third-order valence-corrected chi connectivity index (χ3v) is 2.36. The predicted molar refractivity (Wildman–Crippen MR) is 59.8 cm³/mol. The van der Waals surface area contributed by atoms with Crippen molar-refractivity contribution in [2.75, 3.05) is 7.11 Å². The van der Waals surface area contributed by atoms with Gasteiger partial charge in [-0.15, -0.1) is 0 Å². The molecule has 0 aliphatic rings. The smallest absolute Gasteiger partial charge is 0.330 e. The fraction of sp³-hybridized carbons (Fsp3) is 0.182. The zero-order chi connectivity index (χ0) is 10.6. The van der Waals surface area contributed by atoms with Crippen LogP contribution in [0.5, 0.6) is 0 Å². The molecule has 0 aliphatic heterocycles. The molecule has 1 aromatic rings. The Hall–Kier alpha value is -1.09. The monoisotopic (exact) mass is 254 g/mol. The van der Waals surface area contributed by atoms with Crippen LogP contribution in [-0.4, -0.2) is 13.1 Å². The average molecular weight is 255 g/mol. The first-order valence-corrected chi connectivity index (χ1v) is 4.95. The van der Waals surface area contributed by atoms with Crippen molar-refractivity contribution in [2.45, 2.75) is 6.92 Å². The van der Waals surface area contributed by atoms with Gasteiger partial charge in [0.1, 0.15) is 0 Å². The van der Waals surface area contributed by atoms with Crippen LogP contribution in [-0.2, 0) is 9.53 Å². The van der Waals surface area contributed by atoms with Gasteiger partial charge in [-0.2, -0.15) is 0 Å². The van der Waals surface area contributed by atoms with Gasteiger partial charge in [-0.3, -0.25) is 0 Å². The van der Waals surface area contributed by atoms with Crippen LogP contribution in [0.15, 0.2) is 34.8 Å². The number of carbonyl (C=O) groups excluding carboxylic acids is 1. The Morgan fingerprint density at radius 1 is 1.36 bits per heavy atom. The Labute approximate surface area is 91.7 Å². The normalized spacial score (nSPS) is 11.2. The molecule has 0 saturated heterocycles. The molecular weight excluding hydrogens is 244 g/mol. The third-order valence-electron chi connectivity index (χ3n) is 1.84. The number of methoxy groups -OCH3 is 1. The highest BCUT2D eigenvalue weighted by molar-refractivity contribution is 9.10. The molecule has 0 amide bonds. The molecule has 0 aromatic heterocycles. The molecule has 2 nitrogen and oxygen atoms in total. The fourth-order valence-corrected chi connectivity index (χ4v) is 1.30. The van der Waals surface area contributed by atoms with Gasteiger partial charge in [-0.1, -0.05) is 28.1 Å². The van der Waals surface area contributed by atoms with Gasteiger partial charge in [0.15, 0.2) is 0 Å². The first kappa shape index (κ1) is 11.0. The molecule has 1 rings (SSSR count). The Bertz CT molecular complexity index is 352. The summed E-state index contributed by atoms with van der Waals surface area (Å²) in [4.78, 5) is 11.0. The van der Waals surface area contributed by atoms with Crippen LogP contribution in [0.4, 0.5) is 0 Å². The first-order valence-electron chi connectivity index (χ1n) is 4.15. The van der Waals surface area contributed by atoms with Crippen molar-refractivity contribution in [3.05, 3.63) is 40.4 Å². The van der Waals surface area contributed by atoms with E-state index >= 15 is 0 Å². The van der Waals surface area contributed by atoms with Crippen molar-refractivity contribution in [3.63, 3.8) is 0 Å². The van der Waals surface area contributed by atoms with Crippen LogP contribution in [0.3, 0.4) is 0 Å². The van der Waals surface area contributed by atoms with Crippen molar-refractivity contribution in [1.29, 1.82) is 0 Å². The summed E-state index contributed by atoms with van der Waals surface area (Å²) >= 11 is 3.35. The van der Waals surface area contributed by atoms with Crippen LogP contribution >= 0.6 is 15.9 Å².